The molecule has 3 aromatic rings. The Bertz CT molecular complexity index is 935. The molecule has 5 nitrogen and oxygen atoms in total. The van der Waals surface area contributed by atoms with Crippen LogP contribution >= 0.6 is 57.4 Å². The maximum Gasteiger partial charge on any atom is 0.195 e. The molecule has 1 aromatic carbocycles. The molecule has 0 aliphatic carbocycles. The summed E-state index contributed by atoms with van der Waals surface area (Å²) in [7, 11) is 0. The summed E-state index contributed by atoms with van der Waals surface area (Å²) in [6, 6.07) is 6.05. The van der Waals surface area contributed by atoms with Crippen molar-refractivity contribution in [2.75, 3.05) is 0 Å². The fraction of sp³-hybridized carbons (Fsp3) is 0.133. The molecule has 0 aliphatic heterocycles. The fourth-order valence-corrected chi connectivity index (χ4v) is 4.49. The highest BCUT2D eigenvalue weighted by Crippen LogP contribution is 2.33. The lowest BCUT2D eigenvalue weighted by Gasteiger charge is -2.12. The first-order valence-electron chi connectivity index (χ1n) is 6.72. The molecule has 23 heavy (non-hydrogen) atoms. The molecular formula is C15H12I2N4OS. The predicted molar refractivity (Wildman–Crippen MR) is 109 cm³/mol. The Morgan fingerprint density at radius 2 is 2.22 bits per heavy atom. The second-order valence-electron chi connectivity index (χ2n) is 4.70. The van der Waals surface area contributed by atoms with Crippen LogP contribution in [-0.4, -0.2) is 19.7 Å². The van der Waals surface area contributed by atoms with Gasteiger partial charge in [0.05, 0.1) is 3.57 Å². The number of nitrogens with zero attached hydrogens (tertiary/aromatic N) is 3. The highest BCUT2D eigenvalue weighted by atomic mass is 127. The van der Waals surface area contributed by atoms with E-state index in [1.54, 1.807) is 12.3 Å². The number of pyridine rings is 1. The van der Waals surface area contributed by atoms with Gasteiger partial charge < -0.3 is 4.74 Å². The molecule has 3 rings (SSSR count). The number of aromatic nitrogens is 4. The van der Waals surface area contributed by atoms with Crippen LogP contribution in [0.1, 0.15) is 5.82 Å². The lowest BCUT2D eigenvalue weighted by Crippen LogP contribution is -2.07. The summed E-state index contributed by atoms with van der Waals surface area (Å²) >= 11 is 9.79. The minimum atomic E-state index is 0.309. The van der Waals surface area contributed by atoms with E-state index in [4.69, 9.17) is 17.0 Å². The van der Waals surface area contributed by atoms with Gasteiger partial charge in [-0.3, -0.25) is 14.6 Å². The highest BCUT2D eigenvalue weighted by molar-refractivity contribution is 14.1. The number of nitrogens with one attached hydrogen (secondary N) is 1. The molecule has 0 aliphatic rings. The van der Waals surface area contributed by atoms with Crippen molar-refractivity contribution in [2.24, 2.45) is 0 Å². The Balaban J connectivity index is 1.97. The van der Waals surface area contributed by atoms with Crippen LogP contribution in [0.2, 0.25) is 0 Å². The molecular weight excluding hydrogens is 538 g/mol. The average Bonchev–Trinajstić information content (AvgIpc) is 2.88. The van der Waals surface area contributed by atoms with Gasteiger partial charge in [0, 0.05) is 21.7 Å². The third-order valence-electron chi connectivity index (χ3n) is 3.25. The van der Waals surface area contributed by atoms with Crippen molar-refractivity contribution in [3.63, 3.8) is 0 Å². The maximum atomic E-state index is 6.03. The zero-order chi connectivity index (χ0) is 16.4. The molecule has 118 valence electrons. The van der Waals surface area contributed by atoms with Crippen LogP contribution in [0.3, 0.4) is 0 Å². The number of halogens is 2. The molecule has 0 unspecified atom stereocenters. The maximum absolute atomic E-state index is 6.03. The number of ether oxygens (including phenoxy) is 1. The molecule has 0 fully saturated rings. The Kier molecular flexibility index (Phi) is 5.31. The lowest BCUT2D eigenvalue weighted by molar-refractivity contribution is 0.291. The first-order chi connectivity index (χ1) is 11.1. The summed E-state index contributed by atoms with van der Waals surface area (Å²) in [5.41, 5.74) is 0.855. The third-order valence-corrected chi connectivity index (χ3v) is 5.25. The van der Waals surface area contributed by atoms with Crippen LogP contribution in [0.5, 0.6) is 5.75 Å². The predicted octanol–water partition coefficient (Wildman–Crippen LogP) is 4.46. The number of benzene rings is 1. The molecule has 0 amide bonds. The van der Waals surface area contributed by atoms with Gasteiger partial charge in [-0.1, -0.05) is 12.1 Å². The molecule has 2 heterocycles. The first-order valence-corrected chi connectivity index (χ1v) is 9.29. The Hall–Kier alpha value is -1.01. The van der Waals surface area contributed by atoms with Gasteiger partial charge in [-0.25, -0.2) is 0 Å². The van der Waals surface area contributed by atoms with Crippen molar-refractivity contribution >= 4 is 68.3 Å². The van der Waals surface area contributed by atoms with Gasteiger partial charge in [0.15, 0.2) is 16.3 Å². The van der Waals surface area contributed by atoms with Gasteiger partial charge in [-0.15, -0.1) is 6.58 Å². The molecule has 0 spiro atoms. The number of allylic oxidation sites excluding steroid dienone is 1. The summed E-state index contributed by atoms with van der Waals surface area (Å²) in [6.07, 6.45) is 3.55. The van der Waals surface area contributed by atoms with E-state index >= 15 is 0 Å². The van der Waals surface area contributed by atoms with Crippen LogP contribution in [0.4, 0.5) is 0 Å². The molecule has 2 aromatic heterocycles. The molecule has 0 bridgehead atoms. The van der Waals surface area contributed by atoms with Gasteiger partial charge in [-0.05, 0) is 69.5 Å². The largest absolute Gasteiger partial charge is 0.482 e. The fourth-order valence-electron chi connectivity index (χ4n) is 2.20. The van der Waals surface area contributed by atoms with Crippen LogP contribution in [-0.2, 0) is 13.2 Å². The van der Waals surface area contributed by atoms with Crippen molar-refractivity contribution in [2.45, 2.75) is 13.2 Å². The van der Waals surface area contributed by atoms with Gasteiger partial charge in [0.2, 0.25) is 0 Å². The molecule has 0 saturated heterocycles. The average molecular weight is 550 g/mol. The molecule has 8 heteroatoms. The third kappa shape index (κ3) is 3.43. The standard InChI is InChI=1S/C15H12I2N4OS/c1-2-6-21-12(19-20-15(21)23)8-22-14-11(17)7-10(16)9-4-3-5-18-13(9)14/h2-5,7H,1,6,8H2,(H,20,23). The van der Waals surface area contributed by atoms with Crippen molar-refractivity contribution in [3.8, 4) is 5.75 Å². The van der Waals surface area contributed by atoms with Crippen molar-refractivity contribution in [1.29, 1.82) is 0 Å². The van der Waals surface area contributed by atoms with Crippen molar-refractivity contribution in [3.05, 3.63) is 54.8 Å². The monoisotopic (exact) mass is 550 g/mol. The van der Waals surface area contributed by atoms with E-state index in [1.165, 1.54) is 0 Å². The second kappa shape index (κ2) is 7.26. The quantitative estimate of drug-likeness (QED) is 0.290. The van der Waals surface area contributed by atoms with E-state index in [9.17, 15) is 0 Å². The molecule has 1 N–H and O–H groups in total. The van der Waals surface area contributed by atoms with E-state index in [2.05, 4.69) is 73.0 Å². The van der Waals surface area contributed by atoms with Crippen LogP contribution in [0.25, 0.3) is 10.9 Å². The van der Waals surface area contributed by atoms with E-state index in [0.717, 1.165) is 29.6 Å². The zero-order valence-electron chi connectivity index (χ0n) is 11.9. The summed E-state index contributed by atoms with van der Waals surface area (Å²) < 4.78 is 10.6. The lowest BCUT2D eigenvalue weighted by atomic mass is 10.2. The zero-order valence-corrected chi connectivity index (χ0v) is 17.1. The van der Waals surface area contributed by atoms with Crippen LogP contribution in [0, 0.1) is 11.9 Å². The smallest absolute Gasteiger partial charge is 0.195 e. The van der Waals surface area contributed by atoms with Gasteiger partial charge in [0.25, 0.3) is 0 Å². The van der Waals surface area contributed by atoms with E-state index in [1.807, 2.05) is 16.7 Å². The number of hydrogen-bond acceptors (Lipinski definition) is 4. The number of hydrogen-bond donors (Lipinski definition) is 1. The Labute approximate surface area is 165 Å². The van der Waals surface area contributed by atoms with Crippen LogP contribution < -0.4 is 4.74 Å². The Morgan fingerprint density at radius 3 is 3.00 bits per heavy atom. The minimum Gasteiger partial charge on any atom is -0.482 e. The Morgan fingerprint density at radius 1 is 1.39 bits per heavy atom. The topological polar surface area (TPSA) is 55.7 Å². The number of aromatic amines is 1. The van der Waals surface area contributed by atoms with Gasteiger partial charge >= 0.3 is 0 Å². The summed E-state index contributed by atoms with van der Waals surface area (Å²) in [6.45, 7) is 4.64. The summed E-state index contributed by atoms with van der Waals surface area (Å²) in [5.74, 6) is 1.49. The van der Waals surface area contributed by atoms with Gasteiger partial charge in [-0.2, -0.15) is 5.10 Å². The first kappa shape index (κ1) is 16.8. The van der Waals surface area contributed by atoms with E-state index in [0.29, 0.717) is 17.9 Å². The normalized spacial score (nSPS) is 10.9. The van der Waals surface area contributed by atoms with E-state index < -0.39 is 0 Å². The number of fused-ring (bicyclic) bond motifs is 1. The van der Waals surface area contributed by atoms with Gasteiger partial charge in [0.1, 0.15) is 12.1 Å². The number of H-pyrrole nitrogens is 1. The minimum absolute atomic E-state index is 0.309. The molecule has 0 saturated carbocycles. The van der Waals surface area contributed by atoms with Crippen molar-refractivity contribution < 1.29 is 4.74 Å². The molecule has 0 radical (unpaired) electrons. The summed E-state index contributed by atoms with van der Waals surface area (Å²) in [4.78, 5) is 4.47. The summed E-state index contributed by atoms with van der Waals surface area (Å²) in [5, 5.41) is 8.09. The van der Waals surface area contributed by atoms with Crippen molar-refractivity contribution in [1.82, 2.24) is 19.7 Å². The second-order valence-corrected chi connectivity index (χ2v) is 7.41. The van der Waals surface area contributed by atoms with E-state index in [-0.39, 0.29) is 0 Å². The van der Waals surface area contributed by atoms with Crippen LogP contribution in [0.15, 0.2) is 37.1 Å². The highest BCUT2D eigenvalue weighted by Gasteiger charge is 2.13. The SMILES string of the molecule is C=CCn1c(COc2c(I)cc(I)c3cccnc23)n[nH]c1=S. The number of rotatable bonds is 5. The molecule has 0 atom stereocenters.